The number of fused-ring (bicyclic) bond motifs is 1. The third-order valence-electron chi connectivity index (χ3n) is 3.92. The minimum absolute atomic E-state index is 0.373. The molecule has 22 heavy (non-hydrogen) atoms. The summed E-state index contributed by atoms with van der Waals surface area (Å²) in [7, 11) is 0. The van der Waals surface area contributed by atoms with Crippen molar-refractivity contribution in [2.75, 3.05) is 5.73 Å². The number of nitriles is 1. The second kappa shape index (κ2) is 4.94. The number of dihydropyridines is 1. The number of nitrogens with one attached hydrogen (secondary N) is 2. The van der Waals surface area contributed by atoms with Gasteiger partial charge < -0.3 is 11.1 Å². The number of allylic oxidation sites excluding steroid dienone is 3. The summed E-state index contributed by atoms with van der Waals surface area (Å²) in [6.45, 7) is 11.2. The number of aromatic nitrogens is 2. The zero-order chi connectivity index (χ0) is 15.9. The first kappa shape index (κ1) is 13.7. The molecule has 0 radical (unpaired) electrons. The predicted octanol–water partition coefficient (Wildman–Crippen LogP) is 2.78. The summed E-state index contributed by atoms with van der Waals surface area (Å²) in [4.78, 5) is 3.64. The summed E-state index contributed by atoms with van der Waals surface area (Å²) in [5, 5.41) is 20.2. The lowest BCUT2D eigenvalue weighted by Gasteiger charge is -2.26. The topological polar surface area (TPSA) is 94.9 Å². The highest BCUT2D eigenvalue weighted by molar-refractivity contribution is 5.89. The Morgan fingerprint density at radius 3 is 2.82 bits per heavy atom. The average molecular weight is 290 g/mol. The Bertz CT molecular complexity index is 880. The van der Waals surface area contributed by atoms with E-state index in [0.29, 0.717) is 17.1 Å². The van der Waals surface area contributed by atoms with Gasteiger partial charge in [-0.15, -0.1) is 0 Å². The molecular weight excluding hydrogens is 276 g/mol. The number of hydrogen-bond donors (Lipinski definition) is 3. The van der Waals surface area contributed by atoms with Crippen LogP contribution in [0.4, 0.5) is 5.82 Å². The maximum absolute atomic E-state index is 9.50. The van der Waals surface area contributed by atoms with Crippen LogP contribution in [0.1, 0.15) is 25.3 Å². The van der Waals surface area contributed by atoms with Gasteiger partial charge in [0.15, 0.2) is 11.5 Å². The molecule has 1 atom stereocenters. The number of nitrogens with two attached hydrogens (primary N) is 1. The summed E-state index contributed by atoms with van der Waals surface area (Å²) in [6, 6.07) is 7.90. The smallest absolute Gasteiger partial charge is 0.196 e. The number of nitrogens with zero attached hydrogens (tertiary/aromatic N) is 3. The quantitative estimate of drug-likeness (QED) is 0.704. The van der Waals surface area contributed by atoms with E-state index in [9.17, 15) is 5.26 Å². The van der Waals surface area contributed by atoms with Gasteiger partial charge in [-0.2, -0.15) is 10.4 Å². The third kappa shape index (κ3) is 1.90. The molecule has 1 unspecified atom stereocenters. The molecule has 0 saturated carbocycles. The lowest BCUT2D eigenvalue weighted by atomic mass is 9.84. The largest absolute Gasteiger partial charge is 0.382 e. The van der Waals surface area contributed by atoms with E-state index in [1.54, 1.807) is 0 Å². The molecule has 0 amide bonds. The highest BCUT2D eigenvalue weighted by atomic mass is 15.1. The molecule has 0 aliphatic carbocycles. The van der Waals surface area contributed by atoms with Crippen LogP contribution in [0.5, 0.6) is 0 Å². The molecule has 0 bridgehead atoms. The van der Waals surface area contributed by atoms with Crippen LogP contribution in [0.2, 0.25) is 0 Å². The lowest BCUT2D eigenvalue weighted by molar-refractivity contribution is 0.811. The second-order valence-electron chi connectivity index (χ2n) is 5.24. The molecule has 108 valence electrons. The summed E-state index contributed by atoms with van der Waals surface area (Å²) in [6.07, 6.45) is 0. The fraction of sp³-hybridized carbons (Fsp3) is 0.188. The minimum Gasteiger partial charge on any atom is -0.382 e. The molecule has 6 nitrogen and oxygen atoms in total. The summed E-state index contributed by atoms with van der Waals surface area (Å²) >= 11 is 0. The van der Waals surface area contributed by atoms with Crippen molar-refractivity contribution in [2.45, 2.75) is 19.8 Å². The Hall–Kier alpha value is -3.25. The van der Waals surface area contributed by atoms with Gasteiger partial charge in [-0.3, -0.25) is 5.10 Å². The molecule has 6 heteroatoms. The molecule has 3 rings (SSSR count). The van der Waals surface area contributed by atoms with Crippen molar-refractivity contribution in [3.8, 4) is 6.07 Å². The number of benzene rings is 1. The van der Waals surface area contributed by atoms with Crippen molar-refractivity contribution in [3.05, 3.63) is 57.8 Å². The number of H-pyrrole nitrogens is 1. The standard InChI is InChI=1S/C16H14N6/c1-8-12(7-17)14(15(19-3)9(2)20-8)10-4-5-13-11(6-10)16(18)22-21-13/h4-6,14,20H,1-2H3,(H3,18,21,22). The highest BCUT2D eigenvalue weighted by Gasteiger charge is 2.30. The van der Waals surface area contributed by atoms with Crippen molar-refractivity contribution >= 4 is 16.7 Å². The molecule has 0 fully saturated rings. The van der Waals surface area contributed by atoms with Gasteiger partial charge in [0, 0.05) is 16.8 Å². The molecule has 0 spiro atoms. The van der Waals surface area contributed by atoms with Crippen LogP contribution >= 0.6 is 0 Å². The highest BCUT2D eigenvalue weighted by Crippen LogP contribution is 2.39. The number of hydrogen-bond acceptors (Lipinski definition) is 4. The van der Waals surface area contributed by atoms with Gasteiger partial charge in [-0.25, -0.2) is 4.85 Å². The Morgan fingerprint density at radius 1 is 1.36 bits per heavy atom. The van der Waals surface area contributed by atoms with E-state index in [0.717, 1.165) is 27.9 Å². The van der Waals surface area contributed by atoms with Gasteiger partial charge in [0.1, 0.15) is 0 Å². The van der Waals surface area contributed by atoms with Crippen molar-refractivity contribution in [1.82, 2.24) is 15.5 Å². The Morgan fingerprint density at radius 2 is 2.14 bits per heavy atom. The van der Waals surface area contributed by atoms with Gasteiger partial charge in [-0.05, 0) is 31.5 Å². The lowest BCUT2D eigenvalue weighted by Crippen LogP contribution is -2.22. The van der Waals surface area contributed by atoms with Gasteiger partial charge in [-0.1, -0.05) is 6.07 Å². The van der Waals surface area contributed by atoms with Crippen molar-refractivity contribution in [3.63, 3.8) is 0 Å². The van der Waals surface area contributed by atoms with E-state index in [1.807, 2.05) is 32.0 Å². The van der Waals surface area contributed by atoms with Gasteiger partial charge >= 0.3 is 0 Å². The zero-order valence-corrected chi connectivity index (χ0v) is 12.2. The van der Waals surface area contributed by atoms with Crippen LogP contribution in [0.15, 0.2) is 40.9 Å². The molecule has 1 aliphatic heterocycles. The molecule has 1 aliphatic rings. The number of anilines is 1. The maximum Gasteiger partial charge on any atom is 0.196 e. The fourth-order valence-electron chi connectivity index (χ4n) is 2.84. The van der Waals surface area contributed by atoms with Crippen LogP contribution in [-0.4, -0.2) is 10.2 Å². The van der Waals surface area contributed by atoms with E-state index in [-0.39, 0.29) is 5.92 Å². The molecule has 0 saturated heterocycles. The van der Waals surface area contributed by atoms with Crippen molar-refractivity contribution in [2.24, 2.45) is 0 Å². The molecule has 1 aromatic heterocycles. The Balaban J connectivity index is 2.25. The van der Waals surface area contributed by atoms with E-state index in [2.05, 4.69) is 26.4 Å². The van der Waals surface area contributed by atoms with Crippen LogP contribution in [-0.2, 0) is 0 Å². The number of rotatable bonds is 1. The molecular formula is C16H14N6. The number of aromatic amines is 1. The van der Waals surface area contributed by atoms with Crippen LogP contribution in [0.25, 0.3) is 15.7 Å². The van der Waals surface area contributed by atoms with E-state index >= 15 is 0 Å². The average Bonchev–Trinajstić information content (AvgIpc) is 2.87. The SMILES string of the molecule is [C-]#[N+]C1=C(C)NC(C)=C(C#N)C1c1ccc2[nH]nc(N)c2c1. The molecule has 2 heterocycles. The molecule has 2 aromatic rings. The number of nitrogen functional groups attached to an aromatic ring is 1. The summed E-state index contributed by atoms with van der Waals surface area (Å²) in [5.74, 6) is 0.0394. The molecule has 1 aromatic carbocycles. The van der Waals surface area contributed by atoms with E-state index in [4.69, 9.17) is 12.3 Å². The first-order valence-electron chi connectivity index (χ1n) is 6.76. The van der Waals surface area contributed by atoms with Crippen molar-refractivity contribution in [1.29, 1.82) is 5.26 Å². The first-order chi connectivity index (χ1) is 10.6. The Labute approximate surface area is 127 Å². The van der Waals surface area contributed by atoms with Gasteiger partial charge in [0.25, 0.3) is 0 Å². The predicted molar refractivity (Wildman–Crippen MR) is 84.0 cm³/mol. The minimum atomic E-state index is -0.373. The van der Waals surface area contributed by atoms with Crippen LogP contribution in [0, 0.1) is 17.9 Å². The summed E-state index contributed by atoms with van der Waals surface area (Å²) < 4.78 is 0. The zero-order valence-electron chi connectivity index (χ0n) is 12.2. The van der Waals surface area contributed by atoms with Gasteiger partial charge in [0.2, 0.25) is 0 Å². The fourth-order valence-corrected chi connectivity index (χ4v) is 2.84. The van der Waals surface area contributed by atoms with Crippen LogP contribution < -0.4 is 11.1 Å². The summed E-state index contributed by atoms with van der Waals surface area (Å²) in [5.41, 5.74) is 10.2. The van der Waals surface area contributed by atoms with E-state index in [1.165, 1.54) is 0 Å². The van der Waals surface area contributed by atoms with E-state index < -0.39 is 0 Å². The maximum atomic E-state index is 9.50. The monoisotopic (exact) mass is 290 g/mol. The van der Waals surface area contributed by atoms with Crippen molar-refractivity contribution < 1.29 is 0 Å². The second-order valence-corrected chi connectivity index (χ2v) is 5.24. The van der Waals surface area contributed by atoms with Crippen LogP contribution in [0.3, 0.4) is 0 Å². The third-order valence-corrected chi connectivity index (χ3v) is 3.92. The molecule has 4 N–H and O–H groups in total. The normalized spacial score (nSPS) is 18.1. The van der Waals surface area contributed by atoms with Gasteiger partial charge in [0.05, 0.1) is 29.6 Å². The Kier molecular flexibility index (Phi) is 3.08. The first-order valence-corrected chi connectivity index (χ1v) is 6.76.